The van der Waals surface area contributed by atoms with Gasteiger partial charge >= 0.3 is 5.97 Å². The van der Waals surface area contributed by atoms with Gasteiger partial charge in [0.1, 0.15) is 5.75 Å². The molecule has 1 aromatic carbocycles. The number of halogens is 1. The molecule has 0 saturated heterocycles. The lowest BCUT2D eigenvalue weighted by molar-refractivity contribution is -0.131. The van der Waals surface area contributed by atoms with Gasteiger partial charge in [-0.2, -0.15) is 5.26 Å². The van der Waals surface area contributed by atoms with Gasteiger partial charge in [-0.25, -0.2) is 4.79 Å². The Bertz CT molecular complexity index is 593. The quantitative estimate of drug-likeness (QED) is 0.591. The van der Waals surface area contributed by atoms with Gasteiger partial charge in [-0.3, -0.25) is 4.79 Å². The maximum absolute atomic E-state index is 11.5. The molecule has 21 heavy (non-hydrogen) atoms. The van der Waals surface area contributed by atoms with Crippen LogP contribution in [0.3, 0.4) is 0 Å². The lowest BCUT2D eigenvalue weighted by Gasteiger charge is -2.09. The van der Waals surface area contributed by atoms with Crippen LogP contribution < -0.4 is 10.1 Å². The fourth-order valence-electron chi connectivity index (χ4n) is 1.39. The third-order valence-corrected chi connectivity index (χ3v) is 2.53. The SMILES string of the molecule is N#CCCNC(=O)COc1ccc(Cl)cc1/C=C/C(=O)O. The zero-order valence-corrected chi connectivity index (χ0v) is 11.8. The van der Waals surface area contributed by atoms with Gasteiger partial charge in [-0.05, 0) is 24.3 Å². The lowest BCUT2D eigenvalue weighted by atomic mass is 10.2. The Kier molecular flexibility index (Phi) is 6.78. The van der Waals surface area contributed by atoms with Crippen molar-refractivity contribution in [3.05, 3.63) is 34.9 Å². The Labute approximate surface area is 126 Å². The number of ether oxygens (including phenoxy) is 1. The van der Waals surface area contributed by atoms with Crippen molar-refractivity contribution in [3.8, 4) is 11.8 Å². The molecule has 0 aliphatic heterocycles. The standard InChI is InChI=1S/C14H13ClN2O4/c15-11-3-4-12(10(8-11)2-5-14(19)20)21-9-13(18)17-7-1-6-16/h2-5,8H,1,7,9H2,(H,17,18)(H,19,20)/b5-2+. The number of hydrogen-bond acceptors (Lipinski definition) is 4. The predicted molar refractivity (Wildman–Crippen MR) is 76.9 cm³/mol. The fourth-order valence-corrected chi connectivity index (χ4v) is 1.57. The molecule has 0 heterocycles. The summed E-state index contributed by atoms with van der Waals surface area (Å²) in [7, 11) is 0. The third-order valence-electron chi connectivity index (χ3n) is 2.30. The number of nitrogens with zero attached hydrogens (tertiary/aromatic N) is 1. The van der Waals surface area contributed by atoms with Crippen molar-refractivity contribution in [3.63, 3.8) is 0 Å². The second-order valence-corrected chi connectivity index (χ2v) is 4.34. The van der Waals surface area contributed by atoms with Crippen molar-refractivity contribution in [1.82, 2.24) is 5.32 Å². The number of nitriles is 1. The Balaban J connectivity index is 2.68. The summed E-state index contributed by atoms with van der Waals surface area (Å²) in [5.74, 6) is -1.13. The highest BCUT2D eigenvalue weighted by atomic mass is 35.5. The minimum absolute atomic E-state index is 0.222. The maximum Gasteiger partial charge on any atom is 0.328 e. The van der Waals surface area contributed by atoms with E-state index in [-0.39, 0.29) is 25.5 Å². The van der Waals surface area contributed by atoms with Gasteiger partial charge in [0.05, 0.1) is 12.5 Å². The van der Waals surface area contributed by atoms with Gasteiger partial charge in [0.2, 0.25) is 0 Å². The Morgan fingerprint density at radius 3 is 2.90 bits per heavy atom. The summed E-state index contributed by atoms with van der Waals surface area (Å²) in [6.45, 7) is 0.0199. The van der Waals surface area contributed by atoms with Crippen molar-refractivity contribution in [2.75, 3.05) is 13.2 Å². The van der Waals surface area contributed by atoms with Crippen molar-refractivity contribution < 1.29 is 19.4 Å². The summed E-state index contributed by atoms with van der Waals surface area (Å²) in [4.78, 5) is 22.0. The fraction of sp³-hybridized carbons (Fsp3) is 0.214. The first-order chi connectivity index (χ1) is 10.0. The number of rotatable bonds is 7. The molecule has 0 atom stereocenters. The molecule has 2 N–H and O–H groups in total. The minimum Gasteiger partial charge on any atom is -0.483 e. The molecular formula is C14H13ClN2O4. The maximum atomic E-state index is 11.5. The van der Waals surface area contributed by atoms with Crippen molar-refractivity contribution >= 4 is 29.6 Å². The molecule has 0 aromatic heterocycles. The van der Waals surface area contributed by atoms with E-state index in [1.54, 1.807) is 12.1 Å². The van der Waals surface area contributed by atoms with Crippen LogP contribution in [0.1, 0.15) is 12.0 Å². The number of nitrogens with one attached hydrogen (secondary N) is 1. The second-order valence-electron chi connectivity index (χ2n) is 3.90. The number of carboxylic acid groups (broad SMARTS) is 1. The van der Waals surface area contributed by atoms with Gasteiger partial charge in [0.25, 0.3) is 5.91 Å². The number of amides is 1. The van der Waals surface area contributed by atoms with Crippen molar-refractivity contribution in [1.29, 1.82) is 5.26 Å². The van der Waals surface area contributed by atoms with Gasteiger partial charge in [0.15, 0.2) is 6.61 Å². The van der Waals surface area contributed by atoms with Gasteiger partial charge in [-0.15, -0.1) is 0 Å². The lowest BCUT2D eigenvalue weighted by Crippen LogP contribution is -2.29. The van der Waals surface area contributed by atoms with Crippen LogP contribution in [0.4, 0.5) is 0 Å². The summed E-state index contributed by atoms with van der Waals surface area (Å²) in [5.41, 5.74) is 0.453. The van der Waals surface area contributed by atoms with E-state index in [4.69, 9.17) is 26.7 Å². The van der Waals surface area contributed by atoms with Crippen LogP contribution in [0.15, 0.2) is 24.3 Å². The topological polar surface area (TPSA) is 99.4 Å². The highest BCUT2D eigenvalue weighted by Crippen LogP contribution is 2.24. The molecule has 6 nitrogen and oxygen atoms in total. The van der Waals surface area contributed by atoms with Crippen LogP contribution in [0, 0.1) is 11.3 Å². The number of carboxylic acids is 1. The van der Waals surface area contributed by atoms with Crippen LogP contribution >= 0.6 is 11.6 Å². The first-order valence-corrected chi connectivity index (χ1v) is 6.37. The van der Waals surface area contributed by atoms with Crippen LogP contribution in [0.5, 0.6) is 5.75 Å². The van der Waals surface area contributed by atoms with E-state index in [2.05, 4.69) is 5.32 Å². The molecule has 0 radical (unpaired) electrons. The number of carbonyl (C=O) groups excluding carboxylic acids is 1. The van der Waals surface area contributed by atoms with E-state index in [1.807, 2.05) is 6.07 Å². The zero-order valence-electron chi connectivity index (χ0n) is 11.0. The monoisotopic (exact) mass is 308 g/mol. The van der Waals surface area contributed by atoms with Crippen LogP contribution in [-0.2, 0) is 9.59 Å². The number of carbonyl (C=O) groups is 2. The molecule has 1 amide bonds. The molecule has 0 fully saturated rings. The summed E-state index contributed by atoms with van der Waals surface area (Å²) < 4.78 is 5.32. The summed E-state index contributed by atoms with van der Waals surface area (Å²) >= 11 is 5.83. The molecule has 0 spiro atoms. The first kappa shape index (κ1) is 16.5. The zero-order chi connectivity index (χ0) is 15.7. The Morgan fingerprint density at radius 1 is 1.48 bits per heavy atom. The highest BCUT2D eigenvalue weighted by molar-refractivity contribution is 6.30. The van der Waals surface area contributed by atoms with Crippen molar-refractivity contribution in [2.45, 2.75) is 6.42 Å². The van der Waals surface area contributed by atoms with Gasteiger partial charge in [-0.1, -0.05) is 11.6 Å². The van der Waals surface area contributed by atoms with Crippen LogP contribution in [0.2, 0.25) is 5.02 Å². The molecule has 7 heteroatoms. The van der Waals surface area contributed by atoms with Gasteiger partial charge in [0, 0.05) is 23.2 Å². The highest BCUT2D eigenvalue weighted by Gasteiger charge is 2.06. The predicted octanol–water partition coefficient (Wildman–Crippen LogP) is 1.85. The minimum atomic E-state index is -1.10. The van der Waals surface area contributed by atoms with Crippen LogP contribution in [0.25, 0.3) is 6.08 Å². The van der Waals surface area contributed by atoms with E-state index in [0.717, 1.165) is 6.08 Å². The number of benzene rings is 1. The Morgan fingerprint density at radius 2 is 2.24 bits per heavy atom. The average molecular weight is 309 g/mol. The normalized spacial score (nSPS) is 10.1. The Hall–Kier alpha value is -2.52. The number of hydrogen-bond donors (Lipinski definition) is 2. The smallest absolute Gasteiger partial charge is 0.328 e. The van der Waals surface area contributed by atoms with E-state index in [0.29, 0.717) is 16.3 Å². The molecule has 1 aromatic rings. The third kappa shape index (κ3) is 6.45. The second kappa shape index (κ2) is 8.61. The number of aliphatic carboxylic acids is 1. The molecule has 0 saturated carbocycles. The molecule has 110 valence electrons. The van der Waals surface area contributed by atoms with Crippen molar-refractivity contribution in [2.24, 2.45) is 0 Å². The molecule has 1 rings (SSSR count). The molecule has 0 aliphatic rings. The van der Waals surface area contributed by atoms with E-state index in [9.17, 15) is 9.59 Å². The molecule has 0 aliphatic carbocycles. The largest absolute Gasteiger partial charge is 0.483 e. The van der Waals surface area contributed by atoms with Gasteiger partial charge < -0.3 is 15.2 Å². The molecular weight excluding hydrogens is 296 g/mol. The van der Waals surface area contributed by atoms with E-state index >= 15 is 0 Å². The average Bonchev–Trinajstić information content (AvgIpc) is 2.44. The van der Waals surface area contributed by atoms with E-state index in [1.165, 1.54) is 12.1 Å². The summed E-state index contributed by atoms with van der Waals surface area (Å²) in [6.07, 6.45) is 2.50. The summed E-state index contributed by atoms with van der Waals surface area (Å²) in [5, 5.41) is 19.9. The molecule has 0 unspecified atom stereocenters. The summed E-state index contributed by atoms with van der Waals surface area (Å²) in [6, 6.07) is 6.56. The first-order valence-electron chi connectivity index (χ1n) is 6.00. The molecule has 0 bridgehead atoms. The van der Waals surface area contributed by atoms with Crippen LogP contribution in [-0.4, -0.2) is 30.1 Å². The van der Waals surface area contributed by atoms with E-state index < -0.39 is 5.97 Å².